The van der Waals surface area contributed by atoms with Gasteiger partial charge in [-0.05, 0) is 24.1 Å². The molecule has 1 unspecified atom stereocenters. The smallest absolute Gasteiger partial charge is 0.308 e. The number of hydrogen-bond acceptors (Lipinski definition) is 3. The lowest BCUT2D eigenvalue weighted by Crippen LogP contribution is -2.11. The maximum absolute atomic E-state index is 12.9. The lowest BCUT2D eigenvalue weighted by Gasteiger charge is -2.10. The van der Waals surface area contributed by atoms with Crippen molar-refractivity contribution in [3.63, 3.8) is 0 Å². The van der Waals surface area contributed by atoms with Crippen LogP contribution < -0.4 is 0 Å². The Labute approximate surface area is 98.0 Å². The fourth-order valence-corrected chi connectivity index (χ4v) is 1.27. The first kappa shape index (κ1) is 13.6. The van der Waals surface area contributed by atoms with E-state index in [4.69, 9.17) is 4.74 Å². The molecule has 0 saturated heterocycles. The molecule has 1 atom stereocenters. The van der Waals surface area contributed by atoms with E-state index < -0.39 is 23.7 Å². The van der Waals surface area contributed by atoms with Gasteiger partial charge in [0.15, 0.2) is 11.6 Å². The number of ether oxygens (including phenoxy) is 1. The molecule has 5 heteroatoms. The molecule has 1 N–H and O–H groups in total. The van der Waals surface area contributed by atoms with Gasteiger partial charge in [-0.3, -0.25) is 4.79 Å². The summed E-state index contributed by atoms with van der Waals surface area (Å²) in [7, 11) is 0. The summed E-state index contributed by atoms with van der Waals surface area (Å²) in [6.45, 7) is 2.13. The molecule has 0 aliphatic rings. The standard InChI is InChI=1S/C12H14F2O3/c1-2-5-17-12(16)7-11(15)8-3-4-9(13)10(14)6-8/h3-4,6,11,15H,2,5,7H2,1H3. The molecule has 0 aliphatic carbocycles. The molecular weight excluding hydrogens is 230 g/mol. The van der Waals surface area contributed by atoms with Crippen LogP contribution in [-0.4, -0.2) is 17.7 Å². The van der Waals surface area contributed by atoms with Crippen LogP contribution in [0.25, 0.3) is 0 Å². The number of rotatable bonds is 5. The van der Waals surface area contributed by atoms with Crippen LogP contribution in [0.4, 0.5) is 8.78 Å². The molecule has 0 spiro atoms. The first-order chi connectivity index (χ1) is 8.04. The quantitative estimate of drug-likeness (QED) is 0.809. The molecule has 0 heterocycles. The van der Waals surface area contributed by atoms with Crippen LogP contribution in [0.15, 0.2) is 18.2 Å². The highest BCUT2D eigenvalue weighted by Gasteiger charge is 2.15. The Balaban J connectivity index is 2.60. The van der Waals surface area contributed by atoms with E-state index in [0.29, 0.717) is 6.42 Å². The summed E-state index contributed by atoms with van der Waals surface area (Å²) in [5.74, 6) is -2.61. The van der Waals surface area contributed by atoms with Gasteiger partial charge in [-0.2, -0.15) is 0 Å². The summed E-state index contributed by atoms with van der Waals surface area (Å²) in [5, 5.41) is 9.62. The second-order valence-electron chi connectivity index (χ2n) is 3.61. The van der Waals surface area contributed by atoms with Crippen molar-refractivity contribution in [2.75, 3.05) is 6.61 Å². The minimum absolute atomic E-state index is 0.150. The van der Waals surface area contributed by atoms with Gasteiger partial charge in [0.25, 0.3) is 0 Å². The summed E-state index contributed by atoms with van der Waals surface area (Å²) in [4.78, 5) is 11.2. The summed E-state index contributed by atoms with van der Waals surface area (Å²) >= 11 is 0. The molecule has 1 aromatic carbocycles. The highest BCUT2D eigenvalue weighted by molar-refractivity contribution is 5.70. The minimum Gasteiger partial charge on any atom is -0.466 e. The Kier molecular flexibility index (Phi) is 5.03. The Bertz CT molecular complexity index is 393. The average molecular weight is 244 g/mol. The zero-order valence-electron chi connectivity index (χ0n) is 9.45. The number of halogens is 2. The van der Waals surface area contributed by atoms with Crippen molar-refractivity contribution in [1.82, 2.24) is 0 Å². The maximum atomic E-state index is 12.9. The largest absolute Gasteiger partial charge is 0.466 e. The molecule has 0 aliphatic heterocycles. The van der Waals surface area contributed by atoms with Crippen LogP contribution in [0.1, 0.15) is 31.4 Å². The predicted molar refractivity (Wildman–Crippen MR) is 57.2 cm³/mol. The van der Waals surface area contributed by atoms with Crippen LogP contribution in [0.2, 0.25) is 0 Å². The molecule has 1 aromatic rings. The predicted octanol–water partition coefficient (Wildman–Crippen LogP) is 2.34. The fourth-order valence-electron chi connectivity index (χ4n) is 1.27. The highest BCUT2D eigenvalue weighted by Crippen LogP contribution is 2.19. The second kappa shape index (κ2) is 6.30. The number of hydrogen-bond donors (Lipinski definition) is 1. The van der Waals surface area contributed by atoms with E-state index >= 15 is 0 Å². The van der Waals surface area contributed by atoms with Gasteiger partial charge in [-0.25, -0.2) is 8.78 Å². The van der Waals surface area contributed by atoms with Gasteiger partial charge in [-0.15, -0.1) is 0 Å². The van der Waals surface area contributed by atoms with Crippen LogP contribution in [-0.2, 0) is 9.53 Å². The highest BCUT2D eigenvalue weighted by atomic mass is 19.2. The first-order valence-corrected chi connectivity index (χ1v) is 5.33. The number of aliphatic hydroxyl groups excluding tert-OH is 1. The third kappa shape index (κ3) is 4.11. The van der Waals surface area contributed by atoms with Crippen molar-refractivity contribution in [3.8, 4) is 0 Å². The fraction of sp³-hybridized carbons (Fsp3) is 0.417. The Morgan fingerprint density at radius 2 is 2.12 bits per heavy atom. The van der Waals surface area contributed by atoms with Gasteiger partial charge in [0, 0.05) is 0 Å². The van der Waals surface area contributed by atoms with Crippen molar-refractivity contribution < 1.29 is 23.4 Å². The Morgan fingerprint density at radius 1 is 1.41 bits per heavy atom. The van der Waals surface area contributed by atoms with Gasteiger partial charge in [0.2, 0.25) is 0 Å². The van der Waals surface area contributed by atoms with E-state index in [1.54, 1.807) is 0 Å². The van der Waals surface area contributed by atoms with E-state index in [2.05, 4.69) is 0 Å². The van der Waals surface area contributed by atoms with E-state index in [0.717, 1.165) is 12.1 Å². The lowest BCUT2D eigenvalue weighted by atomic mass is 10.1. The summed E-state index contributed by atoms with van der Waals surface area (Å²) < 4.78 is 30.3. The van der Waals surface area contributed by atoms with Crippen LogP contribution in [0.5, 0.6) is 0 Å². The van der Waals surface area contributed by atoms with Gasteiger partial charge >= 0.3 is 5.97 Å². The Morgan fingerprint density at radius 3 is 2.71 bits per heavy atom. The molecule has 3 nitrogen and oxygen atoms in total. The molecular formula is C12H14F2O3. The number of aliphatic hydroxyl groups is 1. The van der Waals surface area contributed by atoms with Gasteiger partial charge in [0.1, 0.15) is 0 Å². The molecule has 0 aromatic heterocycles. The molecule has 0 radical (unpaired) electrons. The normalized spacial score (nSPS) is 12.2. The summed E-state index contributed by atoms with van der Waals surface area (Å²) in [5.41, 5.74) is 0.150. The van der Waals surface area contributed by atoms with E-state index in [9.17, 15) is 18.7 Å². The van der Waals surface area contributed by atoms with Crippen molar-refractivity contribution in [2.24, 2.45) is 0 Å². The Hall–Kier alpha value is -1.49. The van der Waals surface area contributed by atoms with E-state index in [1.165, 1.54) is 6.07 Å². The zero-order valence-corrected chi connectivity index (χ0v) is 9.45. The van der Waals surface area contributed by atoms with Crippen LogP contribution >= 0.6 is 0 Å². The van der Waals surface area contributed by atoms with Gasteiger partial charge in [0.05, 0.1) is 19.1 Å². The zero-order chi connectivity index (χ0) is 12.8. The monoisotopic (exact) mass is 244 g/mol. The SMILES string of the molecule is CCCOC(=O)CC(O)c1ccc(F)c(F)c1. The molecule has 0 amide bonds. The number of benzene rings is 1. The van der Waals surface area contributed by atoms with Crippen LogP contribution in [0, 0.1) is 11.6 Å². The maximum Gasteiger partial charge on any atom is 0.308 e. The van der Waals surface area contributed by atoms with Gasteiger partial charge in [-0.1, -0.05) is 13.0 Å². The van der Waals surface area contributed by atoms with Crippen LogP contribution in [0.3, 0.4) is 0 Å². The topological polar surface area (TPSA) is 46.5 Å². The summed E-state index contributed by atoms with van der Waals surface area (Å²) in [6.07, 6.45) is -0.771. The third-order valence-corrected chi connectivity index (χ3v) is 2.16. The molecule has 0 saturated carbocycles. The summed E-state index contributed by atoms with van der Waals surface area (Å²) in [6, 6.07) is 3.01. The minimum atomic E-state index is -1.19. The number of esters is 1. The molecule has 17 heavy (non-hydrogen) atoms. The second-order valence-corrected chi connectivity index (χ2v) is 3.61. The van der Waals surface area contributed by atoms with Crippen molar-refractivity contribution >= 4 is 5.97 Å². The molecule has 94 valence electrons. The number of carbonyl (C=O) groups is 1. The van der Waals surface area contributed by atoms with Crippen molar-refractivity contribution in [1.29, 1.82) is 0 Å². The van der Waals surface area contributed by atoms with Crippen molar-refractivity contribution in [3.05, 3.63) is 35.4 Å². The lowest BCUT2D eigenvalue weighted by molar-refractivity contribution is -0.146. The van der Waals surface area contributed by atoms with E-state index in [-0.39, 0.29) is 18.6 Å². The first-order valence-electron chi connectivity index (χ1n) is 5.33. The van der Waals surface area contributed by atoms with Crippen molar-refractivity contribution in [2.45, 2.75) is 25.9 Å². The molecule has 0 fully saturated rings. The third-order valence-electron chi connectivity index (χ3n) is 2.16. The molecule has 1 rings (SSSR count). The van der Waals surface area contributed by atoms with E-state index in [1.807, 2.05) is 6.92 Å². The molecule has 0 bridgehead atoms. The number of carbonyl (C=O) groups excluding carboxylic acids is 1. The van der Waals surface area contributed by atoms with Gasteiger partial charge < -0.3 is 9.84 Å². The average Bonchev–Trinajstić information content (AvgIpc) is 2.30.